The summed E-state index contributed by atoms with van der Waals surface area (Å²) in [7, 11) is 0. The van der Waals surface area contributed by atoms with Crippen molar-refractivity contribution in [2.45, 2.75) is 6.54 Å². The van der Waals surface area contributed by atoms with Crippen LogP contribution in [0.15, 0.2) is 55.2 Å². The van der Waals surface area contributed by atoms with Crippen LogP contribution in [-0.2, 0) is 6.54 Å². The molecule has 0 aliphatic heterocycles. The lowest BCUT2D eigenvalue weighted by atomic mass is 10.2. The summed E-state index contributed by atoms with van der Waals surface area (Å²) in [5.41, 5.74) is 0.968. The fourth-order valence-corrected chi connectivity index (χ4v) is 2.49. The fourth-order valence-electron chi connectivity index (χ4n) is 2.49. The number of fused-ring (bicyclic) bond motifs is 1. The Hall–Kier alpha value is -3.42. The van der Waals surface area contributed by atoms with Crippen LogP contribution in [-0.4, -0.2) is 24.7 Å². The van der Waals surface area contributed by atoms with Crippen LogP contribution in [0.25, 0.3) is 10.9 Å². The molecule has 0 amide bonds. The first-order valence-electron chi connectivity index (χ1n) is 7.47. The number of hydrogen-bond donors (Lipinski definition) is 1. The van der Waals surface area contributed by atoms with Gasteiger partial charge in [0.1, 0.15) is 23.3 Å². The topological polar surface area (TPSA) is 68.5 Å². The van der Waals surface area contributed by atoms with Crippen LogP contribution in [0.4, 0.5) is 20.4 Å². The van der Waals surface area contributed by atoms with Gasteiger partial charge < -0.3 is 5.32 Å². The largest absolute Gasteiger partial charge is 0.324 e. The summed E-state index contributed by atoms with van der Waals surface area (Å²) in [6.45, 7) is 0.113. The third-order valence-electron chi connectivity index (χ3n) is 3.67. The van der Waals surface area contributed by atoms with Crippen LogP contribution in [0, 0.1) is 11.6 Å². The highest BCUT2D eigenvalue weighted by Crippen LogP contribution is 2.20. The van der Waals surface area contributed by atoms with Crippen LogP contribution < -0.4 is 5.32 Å². The average Bonchev–Trinajstić information content (AvgIpc) is 3.01. The van der Waals surface area contributed by atoms with Crippen molar-refractivity contribution in [3.63, 3.8) is 0 Å². The number of anilines is 2. The van der Waals surface area contributed by atoms with E-state index in [-0.39, 0.29) is 12.1 Å². The highest BCUT2D eigenvalue weighted by molar-refractivity contribution is 5.80. The first kappa shape index (κ1) is 15.1. The van der Waals surface area contributed by atoms with Crippen LogP contribution in [0.2, 0.25) is 0 Å². The number of benzene rings is 1. The van der Waals surface area contributed by atoms with E-state index in [0.29, 0.717) is 11.6 Å². The Morgan fingerprint density at radius 2 is 1.88 bits per heavy atom. The standard InChI is InChI=1S/C17H12F2N6/c18-13-1-2-14(19)11(5-13)10-25-15-6-16(22-7-12(15)8-23-25)24-17-9-20-3-4-21-17/h1-9H,10H2,(H,21,22,24). The van der Waals surface area contributed by atoms with Gasteiger partial charge >= 0.3 is 0 Å². The Labute approximate surface area is 141 Å². The minimum Gasteiger partial charge on any atom is -0.324 e. The quantitative estimate of drug-likeness (QED) is 0.618. The number of nitrogens with one attached hydrogen (secondary N) is 1. The minimum atomic E-state index is -0.487. The van der Waals surface area contributed by atoms with Crippen LogP contribution in [0.1, 0.15) is 5.56 Å². The van der Waals surface area contributed by atoms with Gasteiger partial charge in [-0.05, 0) is 18.2 Å². The third-order valence-corrected chi connectivity index (χ3v) is 3.67. The molecular formula is C17H12F2N6. The molecule has 4 aromatic rings. The van der Waals surface area contributed by atoms with Gasteiger partial charge in [0.2, 0.25) is 0 Å². The van der Waals surface area contributed by atoms with E-state index < -0.39 is 11.6 Å². The molecule has 0 bridgehead atoms. The van der Waals surface area contributed by atoms with Crippen molar-refractivity contribution in [1.29, 1.82) is 0 Å². The summed E-state index contributed by atoms with van der Waals surface area (Å²) in [5, 5.41) is 8.07. The molecule has 0 spiro atoms. The molecule has 1 aromatic carbocycles. The predicted molar refractivity (Wildman–Crippen MR) is 88.3 cm³/mol. The molecule has 4 rings (SSSR count). The Kier molecular flexibility index (Phi) is 3.77. The van der Waals surface area contributed by atoms with Crippen molar-refractivity contribution in [3.05, 3.63) is 72.4 Å². The van der Waals surface area contributed by atoms with Gasteiger partial charge in [0.15, 0.2) is 0 Å². The van der Waals surface area contributed by atoms with E-state index in [1.165, 1.54) is 6.07 Å². The normalized spacial score (nSPS) is 11.0. The summed E-state index contributed by atoms with van der Waals surface area (Å²) in [6.07, 6.45) is 8.00. The van der Waals surface area contributed by atoms with Crippen molar-refractivity contribution in [2.24, 2.45) is 0 Å². The van der Waals surface area contributed by atoms with E-state index in [1.54, 1.807) is 41.7 Å². The fraction of sp³-hybridized carbons (Fsp3) is 0.0588. The second-order valence-electron chi connectivity index (χ2n) is 5.38. The summed E-state index contributed by atoms with van der Waals surface area (Å²) in [6, 6.07) is 5.14. The molecule has 1 N–H and O–H groups in total. The summed E-state index contributed by atoms with van der Waals surface area (Å²) >= 11 is 0. The first-order valence-corrected chi connectivity index (χ1v) is 7.47. The van der Waals surface area contributed by atoms with Gasteiger partial charge in [-0.15, -0.1) is 0 Å². The molecule has 124 valence electrons. The van der Waals surface area contributed by atoms with Crippen molar-refractivity contribution in [3.8, 4) is 0 Å². The highest BCUT2D eigenvalue weighted by Gasteiger charge is 2.10. The Morgan fingerprint density at radius 3 is 2.72 bits per heavy atom. The number of rotatable bonds is 4. The lowest BCUT2D eigenvalue weighted by Gasteiger charge is -2.07. The van der Waals surface area contributed by atoms with E-state index in [9.17, 15) is 8.78 Å². The maximum atomic E-state index is 13.9. The second-order valence-corrected chi connectivity index (χ2v) is 5.38. The maximum absolute atomic E-state index is 13.9. The van der Waals surface area contributed by atoms with Crippen molar-refractivity contribution in [2.75, 3.05) is 5.32 Å². The molecule has 25 heavy (non-hydrogen) atoms. The van der Waals surface area contributed by atoms with Crippen LogP contribution >= 0.6 is 0 Å². The summed E-state index contributed by atoms with van der Waals surface area (Å²) < 4.78 is 28.8. The summed E-state index contributed by atoms with van der Waals surface area (Å²) in [4.78, 5) is 12.4. The second kappa shape index (κ2) is 6.23. The Balaban J connectivity index is 1.68. The van der Waals surface area contributed by atoms with Gasteiger partial charge in [0.25, 0.3) is 0 Å². The zero-order valence-electron chi connectivity index (χ0n) is 12.9. The third kappa shape index (κ3) is 3.14. The van der Waals surface area contributed by atoms with Gasteiger partial charge in [0, 0.05) is 35.6 Å². The zero-order valence-corrected chi connectivity index (χ0v) is 12.9. The van der Waals surface area contributed by atoms with E-state index >= 15 is 0 Å². The molecule has 0 aliphatic carbocycles. The van der Waals surface area contributed by atoms with Crippen LogP contribution in [0.3, 0.4) is 0 Å². The molecule has 6 nitrogen and oxygen atoms in total. The molecule has 0 fully saturated rings. The van der Waals surface area contributed by atoms with Gasteiger partial charge in [0.05, 0.1) is 24.5 Å². The molecular weight excluding hydrogens is 326 g/mol. The highest BCUT2D eigenvalue weighted by atomic mass is 19.1. The minimum absolute atomic E-state index is 0.113. The monoisotopic (exact) mass is 338 g/mol. The molecule has 0 saturated heterocycles. The van der Waals surface area contributed by atoms with Gasteiger partial charge in [-0.3, -0.25) is 9.67 Å². The SMILES string of the molecule is Fc1ccc(F)c(Cn2ncc3cnc(Nc4cnccn4)cc32)c1. The van der Waals surface area contributed by atoms with Gasteiger partial charge in [-0.25, -0.2) is 18.7 Å². The van der Waals surface area contributed by atoms with Crippen molar-refractivity contribution in [1.82, 2.24) is 24.7 Å². The number of halogens is 2. The molecule has 3 aromatic heterocycles. The summed E-state index contributed by atoms with van der Waals surface area (Å²) in [5.74, 6) is 0.141. The molecule has 0 aliphatic rings. The lowest BCUT2D eigenvalue weighted by molar-refractivity contribution is 0.570. The molecule has 0 radical (unpaired) electrons. The number of hydrogen-bond acceptors (Lipinski definition) is 5. The van der Waals surface area contributed by atoms with E-state index in [4.69, 9.17) is 0 Å². The molecule has 8 heteroatoms. The number of pyridine rings is 1. The van der Waals surface area contributed by atoms with E-state index in [0.717, 1.165) is 23.0 Å². The van der Waals surface area contributed by atoms with Crippen LogP contribution in [0.5, 0.6) is 0 Å². The van der Waals surface area contributed by atoms with Crippen molar-refractivity contribution < 1.29 is 8.78 Å². The van der Waals surface area contributed by atoms with Gasteiger partial charge in [-0.1, -0.05) is 0 Å². The lowest BCUT2D eigenvalue weighted by Crippen LogP contribution is -2.04. The smallest absolute Gasteiger partial charge is 0.150 e. The molecule has 3 heterocycles. The van der Waals surface area contributed by atoms with E-state index in [2.05, 4.69) is 25.4 Å². The first-order chi connectivity index (χ1) is 12.2. The maximum Gasteiger partial charge on any atom is 0.150 e. The molecule has 0 saturated carbocycles. The zero-order chi connectivity index (χ0) is 17.2. The number of nitrogens with zero attached hydrogens (tertiary/aromatic N) is 5. The van der Waals surface area contributed by atoms with Gasteiger partial charge in [-0.2, -0.15) is 5.10 Å². The molecule has 0 atom stereocenters. The average molecular weight is 338 g/mol. The predicted octanol–water partition coefficient (Wildman–Crippen LogP) is 3.29. The van der Waals surface area contributed by atoms with Crippen molar-refractivity contribution >= 4 is 22.5 Å². The number of aromatic nitrogens is 5. The Bertz CT molecular complexity index is 1030. The molecule has 0 unspecified atom stereocenters. The van der Waals surface area contributed by atoms with E-state index in [1.807, 2.05) is 0 Å². The Morgan fingerprint density at radius 1 is 0.960 bits per heavy atom.